The van der Waals surface area contributed by atoms with Crippen LogP contribution in [0.3, 0.4) is 0 Å². The fourth-order valence-electron chi connectivity index (χ4n) is 9.89. The minimum absolute atomic E-state index is 0.0151. The summed E-state index contributed by atoms with van der Waals surface area (Å²) in [5, 5.41) is 13.4. The smallest absolute Gasteiger partial charge is 0.246 e. The molecule has 2 aliphatic rings. The van der Waals surface area contributed by atoms with Crippen LogP contribution in [-0.4, -0.2) is 129 Å². The first kappa shape index (κ1) is 55.5. The van der Waals surface area contributed by atoms with Crippen LogP contribution >= 0.6 is 0 Å². The van der Waals surface area contributed by atoms with Crippen LogP contribution in [0, 0.1) is 11.8 Å². The van der Waals surface area contributed by atoms with Gasteiger partial charge >= 0.3 is 0 Å². The van der Waals surface area contributed by atoms with Gasteiger partial charge in [-0.1, -0.05) is 83.9 Å². The zero-order chi connectivity index (χ0) is 53.3. The molecule has 1 aromatic carbocycles. The van der Waals surface area contributed by atoms with E-state index in [9.17, 15) is 28.8 Å². The van der Waals surface area contributed by atoms with Crippen molar-refractivity contribution in [2.24, 2.45) is 11.8 Å². The van der Waals surface area contributed by atoms with Gasteiger partial charge in [-0.25, -0.2) is 4.98 Å². The molecule has 4 N–H and O–H groups in total. The van der Waals surface area contributed by atoms with Crippen LogP contribution in [0.4, 0.5) is 0 Å². The van der Waals surface area contributed by atoms with Gasteiger partial charge in [-0.15, -0.1) is 6.58 Å². The number of benzene rings is 1. The number of rotatable bonds is 13. The Labute approximate surface area is 429 Å². The highest BCUT2D eigenvalue weighted by Crippen LogP contribution is 2.30. The topological polar surface area (TPSA) is 208 Å². The molecular weight excluding hydrogens is 927 g/mol. The minimum atomic E-state index is -1.27. The molecule has 2 bridgehead atoms. The number of para-hydroxylation sites is 1. The van der Waals surface area contributed by atoms with E-state index in [4.69, 9.17) is 4.42 Å². The molecule has 1 fully saturated rings. The molecule has 0 aliphatic carbocycles. The second-order valence-corrected chi connectivity index (χ2v) is 21.3. The van der Waals surface area contributed by atoms with Crippen molar-refractivity contribution in [3.05, 3.63) is 91.0 Å². The highest BCUT2D eigenvalue weighted by molar-refractivity contribution is 5.99. The Hall–Kier alpha value is -6.78. The SMILES string of the molecule is C=CC(C)(C)n1cc(C[C@@H]2NC(=O)[C@H](CCCC)NC(=O)[C@H](CC(C)C)N3CC/C=C\C[C@@H](C3=O)N(C)C(=O)[C@H](C)NC(=O)C(Cc3cnc4occc4c3)NC(=O)[C@H](CC(C)C)N(C)C2=O)c2ccccc21. The van der Waals surface area contributed by atoms with Gasteiger partial charge in [-0.3, -0.25) is 33.6 Å². The van der Waals surface area contributed by atoms with Crippen LogP contribution in [0.2, 0.25) is 0 Å². The third-order valence-corrected chi connectivity index (χ3v) is 14.2. The number of hydrogen-bond acceptors (Lipinski definition) is 9. The van der Waals surface area contributed by atoms with Gasteiger partial charge in [0.25, 0.3) is 0 Å². The van der Waals surface area contributed by atoms with Crippen LogP contribution in [0.25, 0.3) is 22.0 Å². The fourth-order valence-corrected chi connectivity index (χ4v) is 9.89. The van der Waals surface area contributed by atoms with Gasteiger partial charge in [-0.2, -0.15) is 0 Å². The number of furan rings is 1. The van der Waals surface area contributed by atoms with E-state index in [-0.39, 0.29) is 56.9 Å². The molecule has 17 nitrogen and oxygen atoms in total. The molecule has 394 valence electrons. The maximum atomic E-state index is 15.4. The first-order valence-corrected chi connectivity index (χ1v) is 25.9. The summed E-state index contributed by atoms with van der Waals surface area (Å²) in [5.41, 5.74) is 2.10. The lowest BCUT2D eigenvalue weighted by molar-refractivity contribution is -0.150. The number of aromatic nitrogens is 2. The van der Waals surface area contributed by atoms with Gasteiger partial charge in [0.2, 0.25) is 47.1 Å². The number of pyridine rings is 1. The quantitative estimate of drug-likeness (QED) is 0.117. The third kappa shape index (κ3) is 13.3. The van der Waals surface area contributed by atoms with E-state index in [1.165, 1.54) is 42.0 Å². The highest BCUT2D eigenvalue weighted by atomic mass is 16.3. The summed E-state index contributed by atoms with van der Waals surface area (Å²) in [4.78, 5) is 113. The Balaban J connectivity index is 1.50. The van der Waals surface area contributed by atoms with E-state index < -0.39 is 89.2 Å². The van der Waals surface area contributed by atoms with E-state index in [2.05, 4.69) is 37.4 Å². The number of nitrogens with one attached hydrogen (secondary N) is 4. The standard InChI is InChI=1S/C56H77N9O8/c1-12-14-21-41-48(66)61-43(31-39-33-65(56(8,9)13-2)44-22-18-17-20-40(39)44)54(71)63(11)46(27-34(3)4)50(68)60-42(30-37-29-38-24-26-73-52(38)57-32-37)49(67)58-36(7)53(70)62(10)45-23-16-15-19-25-64(55(45)72)47(28-35(5)6)51(69)59-41/h13,15-18,20,22,24,26,29,32-36,41-43,45-47H,2,12,14,19,21,23,25,27-28,30-31H2,1,3-11H3,(H,58,67)(H,59,69)(H,60,68)(H,61,66)/b16-15-/t36-,41-,42?,43-,45-,46-,47-/m0/s1. The highest BCUT2D eigenvalue weighted by Gasteiger charge is 2.41. The van der Waals surface area contributed by atoms with Gasteiger partial charge in [0.1, 0.15) is 42.3 Å². The van der Waals surface area contributed by atoms with E-state index in [1.54, 1.807) is 18.3 Å². The van der Waals surface area contributed by atoms with Crippen molar-refractivity contribution in [1.29, 1.82) is 0 Å². The molecule has 2 aliphatic heterocycles. The molecule has 7 atom stereocenters. The number of nitrogens with zero attached hydrogens (tertiary/aromatic N) is 5. The number of carbonyl (C=O) groups is 7. The molecule has 4 aromatic rings. The summed E-state index contributed by atoms with van der Waals surface area (Å²) in [6.07, 6.45) is 13.1. The number of likely N-dealkylation sites (N-methyl/N-ethyl adjacent to an activating group) is 2. The van der Waals surface area contributed by atoms with Crippen molar-refractivity contribution in [3.63, 3.8) is 0 Å². The maximum absolute atomic E-state index is 15.4. The normalized spacial score (nSPS) is 24.2. The lowest BCUT2D eigenvalue weighted by Crippen LogP contribution is -2.61. The van der Waals surface area contributed by atoms with E-state index in [0.29, 0.717) is 35.9 Å². The number of hydrogen-bond donors (Lipinski definition) is 4. The Bertz CT molecular complexity index is 2680. The number of unbranched alkanes of at least 4 members (excludes halogenated alkanes) is 1. The lowest BCUT2D eigenvalue weighted by atomic mass is 9.97. The van der Waals surface area contributed by atoms with Crippen molar-refractivity contribution in [2.45, 2.75) is 161 Å². The number of fused-ring (bicyclic) bond motifs is 4. The zero-order valence-electron chi connectivity index (χ0n) is 44.4. The van der Waals surface area contributed by atoms with Crippen molar-refractivity contribution in [1.82, 2.24) is 45.5 Å². The van der Waals surface area contributed by atoms with E-state index in [0.717, 1.165) is 16.5 Å². The van der Waals surface area contributed by atoms with Crippen LogP contribution < -0.4 is 21.3 Å². The Morgan fingerprint density at radius 3 is 2.15 bits per heavy atom. The molecule has 3 aromatic heterocycles. The number of carbonyl (C=O) groups excluding carboxylic acids is 7. The molecule has 0 saturated carbocycles. The van der Waals surface area contributed by atoms with Crippen molar-refractivity contribution in [2.75, 3.05) is 20.6 Å². The summed E-state index contributed by atoms with van der Waals surface area (Å²) in [6, 6.07) is 3.36. The van der Waals surface area contributed by atoms with Crippen molar-refractivity contribution in [3.8, 4) is 0 Å². The van der Waals surface area contributed by atoms with E-state index in [1.807, 2.05) is 97.2 Å². The summed E-state index contributed by atoms with van der Waals surface area (Å²) >= 11 is 0. The Morgan fingerprint density at radius 1 is 0.795 bits per heavy atom. The van der Waals surface area contributed by atoms with Gasteiger partial charge in [0.05, 0.1) is 11.8 Å². The molecule has 7 amide bonds. The van der Waals surface area contributed by atoms with Crippen LogP contribution in [-0.2, 0) is 51.9 Å². The van der Waals surface area contributed by atoms with Gasteiger partial charge < -0.3 is 45.0 Å². The molecule has 73 heavy (non-hydrogen) atoms. The molecule has 5 heterocycles. The first-order chi connectivity index (χ1) is 34.6. The Morgan fingerprint density at radius 2 is 1.45 bits per heavy atom. The fraction of sp³-hybridized carbons (Fsp3) is 0.536. The molecule has 6 rings (SSSR count). The Kier molecular flexibility index (Phi) is 18.5. The molecule has 0 spiro atoms. The van der Waals surface area contributed by atoms with Crippen molar-refractivity contribution >= 4 is 63.4 Å². The molecule has 0 radical (unpaired) electrons. The summed E-state index contributed by atoms with van der Waals surface area (Å²) in [7, 11) is 3.02. The molecule has 17 heteroatoms. The minimum Gasteiger partial charge on any atom is -0.446 e. The maximum Gasteiger partial charge on any atom is 0.246 e. The first-order valence-electron chi connectivity index (χ1n) is 25.9. The second-order valence-electron chi connectivity index (χ2n) is 21.3. The summed E-state index contributed by atoms with van der Waals surface area (Å²) < 4.78 is 7.53. The predicted molar refractivity (Wildman–Crippen MR) is 282 cm³/mol. The largest absolute Gasteiger partial charge is 0.446 e. The van der Waals surface area contributed by atoms with Crippen molar-refractivity contribution < 1.29 is 38.0 Å². The van der Waals surface area contributed by atoms with Crippen LogP contribution in [0.15, 0.2) is 84.3 Å². The van der Waals surface area contributed by atoms with Gasteiger partial charge in [0.15, 0.2) is 0 Å². The zero-order valence-corrected chi connectivity index (χ0v) is 44.4. The summed E-state index contributed by atoms with van der Waals surface area (Å²) in [6.45, 7) is 19.5. The monoisotopic (exact) mass is 1000 g/mol. The van der Waals surface area contributed by atoms with Crippen LogP contribution in [0.1, 0.15) is 111 Å². The molecular formula is C56H77N9O8. The second kappa shape index (κ2) is 24.3. The van der Waals surface area contributed by atoms with Crippen LogP contribution in [0.5, 0.6) is 0 Å². The van der Waals surface area contributed by atoms with Gasteiger partial charge in [-0.05, 0) is 94.0 Å². The molecule has 1 saturated heterocycles. The number of amides is 7. The average Bonchev–Trinajstić information content (AvgIpc) is 3.98. The van der Waals surface area contributed by atoms with Gasteiger partial charge in [0, 0.05) is 62.2 Å². The lowest BCUT2D eigenvalue weighted by Gasteiger charge is -2.38. The molecule has 1 unspecified atom stereocenters. The predicted octanol–water partition coefficient (Wildman–Crippen LogP) is 5.95. The average molecular weight is 1000 g/mol. The van der Waals surface area contributed by atoms with E-state index >= 15 is 4.79 Å². The number of allylic oxidation sites excluding steroid dienone is 1. The third-order valence-electron chi connectivity index (χ3n) is 14.2. The summed E-state index contributed by atoms with van der Waals surface area (Å²) in [5.74, 6) is -4.19.